The molecule has 2 N–H and O–H groups in total. The van der Waals surface area contributed by atoms with Gasteiger partial charge in [-0.1, -0.05) is 18.2 Å². The van der Waals surface area contributed by atoms with E-state index in [4.69, 9.17) is 10.5 Å². The summed E-state index contributed by atoms with van der Waals surface area (Å²) in [4.78, 5) is 0. The third-order valence-electron chi connectivity index (χ3n) is 2.92. The van der Waals surface area contributed by atoms with Crippen molar-refractivity contribution < 1.29 is 9.13 Å². The van der Waals surface area contributed by atoms with Crippen molar-refractivity contribution in [1.82, 2.24) is 0 Å². The molecule has 0 spiro atoms. The number of hydrogen-bond acceptors (Lipinski definition) is 2. The first kappa shape index (κ1) is 14.7. The molecule has 1 atom stereocenters. The summed E-state index contributed by atoms with van der Waals surface area (Å²) in [6, 6.07) is 11.6. The number of benzene rings is 2. The van der Waals surface area contributed by atoms with Gasteiger partial charge in [0.15, 0.2) is 0 Å². The lowest BCUT2D eigenvalue weighted by molar-refractivity contribution is 0.415. The Labute approximate surface area is 112 Å². The van der Waals surface area contributed by atoms with Crippen LogP contribution in [0.3, 0.4) is 0 Å². The molecule has 2 nitrogen and oxygen atoms in total. The molecule has 2 aromatic carbocycles. The second kappa shape index (κ2) is 6.57. The van der Waals surface area contributed by atoms with E-state index in [2.05, 4.69) is 0 Å². The maximum absolute atomic E-state index is 12.2. The maximum Gasteiger partial charge on any atom is 0.119 e. The van der Waals surface area contributed by atoms with Crippen molar-refractivity contribution in [3.05, 3.63) is 42.0 Å². The van der Waals surface area contributed by atoms with Crippen LogP contribution in [-0.4, -0.2) is 13.8 Å². The Balaban J connectivity index is 0.00000162. The highest BCUT2D eigenvalue weighted by Crippen LogP contribution is 2.24. The van der Waals surface area contributed by atoms with Crippen LogP contribution in [0, 0.1) is 0 Å². The highest BCUT2D eigenvalue weighted by molar-refractivity contribution is 5.85. The zero-order chi connectivity index (χ0) is 12.3. The Bertz CT molecular complexity index is 518. The fraction of sp³-hybridized carbons (Fsp3) is 0.286. The molecular formula is C14H17ClFNO. The van der Waals surface area contributed by atoms with E-state index in [1.165, 1.54) is 0 Å². The van der Waals surface area contributed by atoms with Crippen LogP contribution in [0.2, 0.25) is 0 Å². The van der Waals surface area contributed by atoms with Crippen LogP contribution in [0.4, 0.5) is 4.39 Å². The Hall–Kier alpha value is -1.32. The molecule has 0 aliphatic rings. The lowest BCUT2D eigenvalue weighted by Crippen LogP contribution is -2.10. The second-order valence-corrected chi connectivity index (χ2v) is 4.06. The van der Waals surface area contributed by atoms with Crippen molar-refractivity contribution >= 4 is 23.2 Å². The lowest BCUT2D eigenvalue weighted by Gasteiger charge is -2.11. The number of hydrogen-bond donors (Lipinski definition) is 1. The van der Waals surface area contributed by atoms with Gasteiger partial charge < -0.3 is 10.5 Å². The SMILES string of the molecule is COc1ccc2cc([C@@H](N)CCF)ccc2c1.Cl. The van der Waals surface area contributed by atoms with Gasteiger partial charge in [-0.2, -0.15) is 0 Å². The first-order valence-corrected chi connectivity index (χ1v) is 5.64. The van der Waals surface area contributed by atoms with Crippen LogP contribution in [-0.2, 0) is 0 Å². The zero-order valence-corrected chi connectivity index (χ0v) is 11.0. The Morgan fingerprint density at radius 3 is 2.50 bits per heavy atom. The van der Waals surface area contributed by atoms with E-state index in [-0.39, 0.29) is 25.1 Å². The van der Waals surface area contributed by atoms with Crippen molar-refractivity contribution in [2.75, 3.05) is 13.8 Å². The first-order chi connectivity index (χ1) is 8.24. The Kier molecular flexibility index (Phi) is 5.38. The minimum atomic E-state index is -0.387. The average Bonchev–Trinajstić information content (AvgIpc) is 2.37. The molecule has 0 amide bonds. The lowest BCUT2D eigenvalue weighted by atomic mass is 10.0. The van der Waals surface area contributed by atoms with E-state index in [1.54, 1.807) is 7.11 Å². The van der Waals surface area contributed by atoms with Gasteiger partial charge in [-0.15, -0.1) is 12.4 Å². The largest absolute Gasteiger partial charge is 0.497 e. The molecule has 2 aromatic rings. The molecule has 0 radical (unpaired) electrons. The van der Waals surface area contributed by atoms with Gasteiger partial charge in [0.2, 0.25) is 0 Å². The summed E-state index contributed by atoms with van der Waals surface area (Å²) in [7, 11) is 1.65. The van der Waals surface area contributed by atoms with Gasteiger partial charge in [0.05, 0.1) is 13.8 Å². The molecule has 0 aliphatic heterocycles. The van der Waals surface area contributed by atoms with Gasteiger partial charge in [-0.3, -0.25) is 4.39 Å². The van der Waals surface area contributed by atoms with Gasteiger partial charge in [-0.05, 0) is 41.0 Å². The number of alkyl halides is 1. The van der Waals surface area contributed by atoms with E-state index < -0.39 is 0 Å². The van der Waals surface area contributed by atoms with Crippen LogP contribution in [0.5, 0.6) is 5.75 Å². The molecule has 2 rings (SSSR count). The number of methoxy groups -OCH3 is 1. The van der Waals surface area contributed by atoms with E-state index in [0.717, 1.165) is 22.1 Å². The standard InChI is InChI=1S/C14H16FNO.ClH/c1-17-13-5-4-10-8-12(14(16)6-7-15)3-2-11(10)9-13;/h2-5,8-9,14H,6-7,16H2,1H3;1H/t14-;/m0./s1. The predicted molar refractivity (Wildman–Crippen MR) is 75.3 cm³/mol. The van der Waals surface area contributed by atoms with Crippen molar-refractivity contribution in [2.24, 2.45) is 5.73 Å². The highest BCUT2D eigenvalue weighted by Gasteiger charge is 2.06. The van der Waals surface area contributed by atoms with Crippen molar-refractivity contribution in [1.29, 1.82) is 0 Å². The minimum Gasteiger partial charge on any atom is -0.497 e. The summed E-state index contributed by atoms with van der Waals surface area (Å²) in [6.07, 6.45) is 0.363. The van der Waals surface area contributed by atoms with E-state index >= 15 is 0 Å². The van der Waals surface area contributed by atoms with E-state index in [9.17, 15) is 4.39 Å². The molecule has 0 saturated carbocycles. The number of rotatable bonds is 4. The second-order valence-electron chi connectivity index (χ2n) is 4.06. The average molecular weight is 270 g/mol. The van der Waals surface area contributed by atoms with Gasteiger partial charge >= 0.3 is 0 Å². The maximum atomic E-state index is 12.2. The monoisotopic (exact) mass is 269 g/mol. The van der Waals surface area contributed by atoms with Gasteiger partial charge in [0, 0.05) is 6.04 Å². The number of nitrogens with two attached hydrogens (primary N) is 1. The molecule has 0 saturated heterocycles. The van der Waals surface area contributed by atoms with E-state index in [0.29, 0.717) is 6.42 Å². The highest BCUT2D eigenvalue weighted by atomic mass is 35.5. The summed E-state index contributed by atoms with van der Waals surface area (Å²) in [5.74, 6) is 0.832. The molecule has 0 aromatic heterocycles. The topological polar surface area (TPSA) is 35.2 Å². The van der Waals surface area contributed by atoms with Crippen LogP contribution < -0.4 is 10.5 Å². The number of ether oxygens (including phenoxy) is 1. The molecule has 0 bridgehead atoms. The summed E-state index contributed by atoms with van der Waals surface area (Å²) < 4.78 is 17.4. The Morgan fingerprint density at radius 2 is 1.83 bits per heavy atom. The molecular weight excluding hydrogens is 253 g/mol. The number of halogens is 2. The minimum absolute atomic E-state index is 0. The summed E-state index contributed by atoms with van der Waals surface area (Å²) in [5.41, 5.74) is 6.86. The van der Waals surface area contributed by atoms with Crippen molar-refractivity contribution in [3.63, 3.8) is 0 Å². The van der Waals surface area contributed by atoms with Crippen molar-refractivity contribution in [2.45, 2.75) is 12.5 Å². The number of fused-ring (bicyclic) bond motifs is 1. The first-order valence-electron chi connectivity index (χ1n) is 5.64. The van der Waals surface area contributed by atoms with Gasteiger partial charge in [0.1, 0.15) is 5.75 Å². The van der Waals surface area contributed by atoms with Crippen LogP contribution in [0.15, 0.2) is 36.4 Å². The van der Waals surface area contributed by atoms with Gasteiger partial charge in [-0.25, -0.2) is 0 Å². The smallest absolute Gasteiger partial charge is 0.119 e. The molecule has 4 heteroatoms. The van der Waals surface area contributed by atoms with Crippen molar-refractivity contribution in [3.8, 4) is 5.75 Å². The third-order valence-corrected chi connectivity index (χ3v) is 2.92. The summed E-state index contributed by atoms with van der Waals surface area (Å²) >= 11 is 0. The fourth-order valence-electron chi connectivity index (χ4n) is 1.88. The predicted octanol–water partition coefficient (Wildman–Crippen LogP) is 3.63. The fourth-order valence-corrected chi connectivity index (χ4v) is 1.88. The van der Waals surface area contributed by atoms with Crippen LogP contribution in [0.1, 0.15) is 18.0 Å². The molecule has 0 fully saturated rings. The van der Waals surface area contributed by atoms with Gasteiger partial charge in [0.25, 0.3) is 0 Å². The van der Waals surface area contributed by atoms with Crippen LogP contribution >= 0.6 is 12.4 Å². The zero-order valence-electron chi connectivity index (χ0n) is 10.2. The molecule has 0 aliphatic carbocycles. The molecule has 18 heavy (non-hydrogen) atoms. The van der Waals surface area contributed by atoms with E-state index in [1.807, 2.05) is 36.4 Å². The van der Waals surface area contributed by atoms with Crippen LogP contribution in [0.25, 0.3) is 10.8 Å². The molecule has 0 unspecified atom stereocenters. The summed E-state index contributed by atoms with van der Waals surface area (Å²) in [6.45, 7) is -0.387. The normalized spacial score (nSPS) is 11.9. The summed E-state index contributed by atoms with van der Waals surface area (Å²) in [5, 5.41) is 2.19. The Morgan fingerprint density at radius 1 is 1.17 bits per heavy atom. The molecule has 98 valence electrons. The molecule has 0 heterocycles. The third kappa shape index (κ3) is 3.12. The quantitative estimate of drug-likeness (QED) is 0.920.